The van der Waals surface area contributed by atoms with Gasteiger partial charge in [0.05, 0.1) is 10.2 Å². The summed E-state index contributed by atoms with van der Waals surface area (Å²) in [5, 5.41) is 1.47. The van der Waals surface area contributed by atoms with Gasteiger partial charge in [-0.1, -0.05) is 42.5 Å². The number of rotatable bonds is 7. The molecule has 0 spiro atoms. The number of ether oxygens (including phenoxy) is 1. The minimum atomic E-state index is -3.98. The summed E-state index contributed by atoms with van der Waals surface area (Å²) < 4.78 is 74.4. The fourth-order valence-corrected chi connectivity index (χ4v) is 4.83. The Hall–Kier alpha value is -3.78. The molecule has 2 nitrogen and oxygen atoms in total. The number of hydrogen-bond donors (Lipinski definition) is 0. The van der Waals surface area contributed by atoms with Crippen LogP contribution in [0.15, 0.2) is 79.4 Å². The maximum absolute atomic E-state index is 14.7. The van der Waals surface area contributed by atoms with Crippen LogP contribution in [0.1, 0.15) is 17.0 Å². The van der Waals surface area contributed by atoms with Gasteiger partial charge in [-0.2, -0.15) is 8.78 Å². The Bertz CT molecular complexity index is 1590. The predicted octanol–water partition coefficient (Wildman–Crippen LogP) is 8.78. The van der Waals surface area contributed by atoms with Crippen molar-refractivity contribution in [3.63, 3.8) is 0 Å². The van der Waals surface area contributed by atoms with Gasteiger partial charge in [-0.3, -0.25) is 0 Å². The third-order valence-corrected chi connectivity index (χ3v) is 6.79. The van der Waals surface area contributed by atoms with Gasteiger partial charge in [0.1, 0.15) is 5.75 Å². The number of benzene rings is 4. The number of halogens is 5. The lowest BCUT2D eigenvalue weighted by molar-refractivity contribution is -0.185. The number of hydrogen-bond acceptors (Lipinski definition) is 3. The van der Waals surface area contributed by atoms with Crippen LogP contribution >= 0.6 is 11.3 Å². The predicted molar refractivity (Wildman–Crippen MR) is 132 cm³/mol. The molecule has 0 aliphatic carbocycles. The molecule has 4 aromatic carbocycles. The van der Waals surface area contributed by atoms with E-state index in [1.807, 2.05) is 24.3 Å². The van der Waals surface area contributed by atoms with Crippen molar-refractivity contribution in [2.24, 2.45) is 0 Å². The quantitative estimate of drug-likeness (QED) is 0.124. The first kappa shape index (κ1) is 23.9. The number of aryl methyl sites for hydroxylation is 1. The van der Waals surface area contributed by atoms with E-state index in [1.165, 1.54) is 5.56 Å². The van der Waals surface area contributed by atoms with Crippen molar-refractivity contribution in [2.75, 3.05) is 0 Å². The van der Waals surface area contributed by atoms with Crippen molar-refractivity contribution in [1.29, 1.82) is 0 Å². The molecule has 0 aliphatic rings. The Labute approximate surface area is 207 Å². The molecule has 182 valence electrons. The molecular weight excluding hydrogens is 493 g/mol. The first-order chi connectivity index (χ1) is 17.2. The van der Waals surface area contributed by atoms with Crippen LogP contribution in [0.3, 0.4) is 0 Å². The smallest absolute Gasteiger partial charge is 0.427 e. The minimum Gasteiger partial charge on any atom is -0.427 e. The van der Waals surface area contributed by atoms with Crippen LogP contribution in [-0.4, -0.2) is 4.98 Å². The number of thiazole rings is 1. The maximum atomic E-state index is 14.7. The monoisotopic (exact) mass is 511 g/mol. The van der Waals surface area contributed by atoms with Gasteiger partial charge >= 0.3 is 6.11 Å². The molecule has 0 unspecified atom stereocenters. The van der Waals surface area contributed by atoms with E-state index < -0.39 is 34.3 Å². The van der Waals surface area contributed by atoms with E-state index in [4.69, 9.17) is 0 Å². The molecule has 1 heterocycles. The molecule has 36 heavy (non-hydrogen) atoms. The molecule has 0 saturated heterocycles. The van der Waals surface area contributed by atoms with Gasteiger partial charge in [0.2, 0.25) is 5.01 Å². The molecule has 0 atom stereocenters. The number of nitrogens with zero attached hydrogens (tertiary/aromatic N) is 1. The molecule has 0 aliphatic heterocycles. The van der Waals surface area contributed by atoms with Gasteiger partial charge in [0, 0.05) is 12.1 Å². The van der Waals surface area contributed by atoms with Crippen LogP contribution in [-0.2, 0) is 12.5 Å². The van der Waals surface area contributed by atoms with Gasteiger partial charge in [-0.05, 0) is 58.5 Å². The summed E-state index contributed by atoms with van der Waals surface area (Å²) in [6, 6.07) is 18.2. The summed E-state index contributed by atoms with van der Waals surface area (Å²) in [5.41, 5.74) is 3.29. The second kappa shape index (κ2) is 9.35. The lowest BCUT2D eigenvalue weighted by Crippen LogP contribution is -2.21. The lowest BCUT2D eigenvalue weighted by Gasteiger charge is -2.15. The number of allylic oxidation sites excluding steroid dienone is 1. The fourth-order valence-electron chi connectivity index (χ4n) is 3.91. The third-order valence-electron chi connectivity index (χ3n) is 5.72. The Morgan fingerprint density at radius 2 is 1.53 bits per heavy atom. The molecule has 0 amide bonds. The van der Waals surface area contributed by atoms with Gasteiger partial charge in [-0.25, -0.2) is 18.2 Å². The molecule has 0 N–H and O–H groups in total. The lowest BCUT2D eigenvalue weighted by atomic mass is 9.99. The Kier molecular flexibility index (Phi) is 6.22. The Morgan fingerprint density at radius 3 is 2.28 bits per heavy atom. The van der Waals surface area contributed by atoms with E-state index >= 15 is 0 Å². The Morgan fingerprint density at radius 1 is 0.861 bits per heavy atom. The van der Waals surface area contributed by atoms with E-state index in [1.54, 1.807) is 18.2 Å². The van der Waals surface area contributed by atoms with Crippen LogP contribution in [0.5, 0.6) is 5.75 Å². The maximum Gasteiger partial charge on any atom is 0.454 e. The molecule has 8 heteroatoms. The third kappa shape index (κ3) is 4.68. The summed E-state index contributed by atoms with van der Waals surface area (Å²) in [5.74, 6) is -5.86. The van der Waals surface area contributed by atoms with Crippen molar-refractivity contribution in [3.8, 4) is 16.9 Å². The summed E-state index contributed by atoms with van der Waals surface area (Å²) in [7, 11) is 0. The van der Waals surface area contributed by atoms with E-state index in [9.17, 15) is 22.0 Å². The summed E-state index contributed by atoms with van der Waals surface area (Å²) in [6.45, 7) is 3.76. The SMILES string of the molecule is C=CCCc1ccc2cc(-c3ccc4nc(C(F)(F)Oc5cc(F)c(F)c(F)c5)sc4c3)ccc2c1. The van der Waals surface area contributed by atoms with Crippen LogP contribution in [0, 0.1) is 17.5 Å². The van der Waals surface area contributed by atoms with E-state index in [0.29, 0.717) is 33.7 Å². The fraction of sp³-hybridized carbons (Fsp3) is 0.107. The summed E-state index contributed by atoms with van der Waals surface area (Å²) >= 11 is 0.701. The number of aromatic nitrogens is 1. The number of fused-ring (bicyclic) bond motifs is 2. The second-order valence-electron chi connectivity index (χ2n) is 8.24. The van der Waals surface area contributed by atoms with Gasteiger partial charge < -0.3 is 4.74 Å². The van der Waals surface area contributed by atoms with Crippen LogP contribution in [0.2, 0.25) is 0 Å². The highest BCUT2D eigenvalue weighted by molar-refractivity contribution is 7.18. The van der Waals surface area contributed by atoms with E-state index in [2.05, 4.69) is 34.5 Å². The second-order valence-corrected chi connectivity index (χ2v) is 9.28. The Balaban J connectivity index is 1.43. The van der Waals surface area contributed by atoms with Crippen molar-refractivity contribution in [2.45, 2.75) is 19.0 Å². The average Bonchev–Trinajstić information content (AvgIpc) is 3.30. The van der Waals surface area contributed by atoms with Gasteiger partial charge in [0.15, 0.2) is 17.5 Å². The molecule has 0 saturated carbocycles. The highest BCUT2D eigenvalue weighted by Crippen LogP contribution is 2.38. The zero-order valence-electron chi connectivity index (χ0n) is 18.7. The van der Waals surface area contributed by atoms with Crippen molar-refractivity contribution in [1.82, 2.24) is 4.98 Å². The first-order valence-electron chi connectivity index (χ1n) is 11.0. The highest BCUT2D eigenvalue weighted by atomic mass is 32.1. The zero-order valence-corrected chi connectivity index (χ0v) is 19.5. The average molecular weight is 512 g/mol. The largest absolute Gasteiger partial charge is 0.454 e. The van der Waals surface area contributed by atoms with E-state index in [-0.39, 0.29) is 0 Å². The molecule has 0 fully saturated rings. The van der Waals surface area contributed by atoms with Crippen LogP contribution in [0.25, 0.3) is 32.1 Å². The van der Waals surface area contributed by atoms with Crippen LogP contribution < -0.4 is 4.74 Å². The van der Waals surface area contributed by atoms with Crippen molar-refractivity contribution < 1.29 is 26.7 Å². The normalized spacial score (nSPS) is 11.8. The zero-order chi connectivity index (χ0) is 25.4. The standard InChI is InChI=1S/C28H18F5NOS/c1-2-3-4-16-5-6-18-12-19(8-7-17(18)11-16)20-9-10-24-25(13-20)36-27(34-24)28(32,33)35-21-14-22(29)26(31)23(30)15-21/h2,5-15H,1,3-4H2. The molecule has 0 bridgehead atoms. The molecule has 1 aromatic heterocycles. The minimum absolute atomic E-state index is 0.325. The van der Waals surface area contributed by atoms with Crippen molar-refractivity contribution in [3.05, 3.63) is 107 Å². The highest BCUT2D eigenvalue weighted by Gasteiger charge is 2.39. The van der Waals surface area contributed by atoms with Crippen molar-refractivity contribution >= 4 is 32.3 Å². The van der Waals surface area contributed by atoms with Gasteiger partial charge in [0.25, 0.3) is 0 Å². The summed E-state index contributed by atoms with van der Waals surface area (Å²) in [4.78, 5) is 3.94. The topological polar surface area (TPSA) is 22.1 Å². The molecule has 5 aromatic rings. The van der Waals surface area contributed by atoms with Gasteiger partial charge in [-0.15, -0.1) is 17.9 Å². The molecule has 5 rings (SSSR count). The molecule has 0 radical (unpaired) electrons. The molecular formula is C28H18F5NOS. The van der Waals surface area contributed by atoms with E-state index in [0.717, 1.165) is 34.7 Å². The summed E-state index contributed by atoms with van der Waals surface area (Å²) in [6.07, 6.45) is -0.265. The van der Waals surface area contributed by atoms with Crippen LogP contribution in [0.4, 0.5) is 22.0 Å². The first-order valence-corrected chi connectivity index (χ1v) is 11.8. The number of alkyl halides is 2.